The van der Waals surface area contributed by atoms with Crippen LogP contribution in [0, 0.1) is 0 Å². The Morgan fingerprint density at radius 3 is 2.60 bits per heavy atom. The summed E-state index contributed by atoms with van der Waals surface area (Å²) in [7, 11) is 0. The second-order valence-corrected chi connectivity index (χ2v) is 4.79. The van der Waals surface area contributed by atoms with Gasteiger partial charge in [0, 0.05) is 6.42 Å². The smallest absolute Gasteiger partial charge is 0.189 e. The molecule has 0 unspecified atom stereocenters. The number of thioether (sulfide) groups is 1. The minimum atomic E-state index is 0.272. The van der Waals surface area contributed by atoms with Crippen molar-refractivity contribution in [2.24, 2.45) is 0 Å². The maximum atomic E-state index is 11.2. The van der Waals surface area contributed by atoms with Crippen molar-refractivity contribution in [3.8, 4) is 0 Å². The normalized spacial score (nSPS) is 10.7. The molecule has 1 aromatic carbocycles. The molecule has 1 nitrogen and oxygen atoms in total. The molecular formula is C13H18OS. The van der Waals surface area contributed by atoms with Gasteiger partial charge in [-0.1, -0.05) is 49.9 Å². The first-order chi connectivity index (χ1) is 7.15. The van der Waals surface area contributed by atoms with Crippen molar-refractivity contribution in [3.05, 3.63) is 35.4 Å². The molecule has 1 rings (SSSR count). The Balaban J connectivity index is 2.71. The number of carbonyl (C=O) groups is 1. The van der Waals surface area contributed by atoms with Gasteiger partial charge in [0.2, 0.25) is 0 Å². The van der Waals surface area contributed by atoms with Crippen LogP contribution in [0.25, 0.3) is 0 Å². The van der Waals surface area contributed by atoms with Crippen molar-refractivity contribution in [1.29, 1.82) is 0 Å². The first kappa shape index (κ1) is 12.3. The largest absolute Gasteiger partial charge is 0.287 e. The Morgan fingerprint density at radius 2 is 2.00 bits per heavy atom. The summed E-state index contributed by atoms with van der Waals surface area (Å²) >= 11 is 1.32. The van der Waals surface area contributed by atoms with Gasteiger partial charge in [-0.05, 0) is 29.7 Å². The van der Waals surface area contributed by atoms with E-state index in [1.807, 2.05) is 12.3 Å². The van der Waals surface area contributed by atoms with Crippen molar-refractivity contribution >= 4 is 16.9 Å². The number of aryl methyl sites for hydroxylation is 1. The Kier molecular flexibility index (Phi) is 4.89. The zero-order valence-corrected chi connectivity index (χ0v) is 10.4. The zero-order valence-electron chi connectivity index (χ0n) is 9.62. The summed E-state index contributed by atoms with van der Waals surface area (Å²) in [4.78, 5) is 11.2. The van der Waals surface area contributed by atoms with Gasteiger partial charge >= 0.3 is 0 Å². The SMILES string of the molecule is CSC(=O)CCc1ccccc1C(C)C. The predicted molar refractivity (Wildman–Crippen MR) is 67.4 cm³/mol. The van der Waals surface area contributed by atoms with Gasteiger partial charge in [-0.15, -0.1) is 0 Å². The molecule has 0 aromatic heterocycles. The lowest BCUT2D eigenvalue weighted by Gasteiger charge is -2.11. The molecule has 82 valence electrons. The third-order valence-corrected chi connectivity index (χ3v) is 3.16. The molecule has 0 amide bonds. The van der Waals surface area contributed by atoms with Gasteiger partial charge in [-0.2, -0.15) is 0 Å². The number of carbonyl (C=O) groups excluding carboxylic acids is 1. The van der Waals surface area contributed by atoms with Crippen molar-refractivity contribution in [2.75, 3.05) is 6.26 Å². The van der Waals surface area contributed by atoms with Crippen LogP contribution in [0.15, 0.2) is 24.3 Å². The quantitative estimate of drug-likeness (QED) is 0.773. The van der Waals surface area contributed by atoms with Crippen LogP contribution >= 0.6 is 11.8 Å². The summed E-state index contributed by atoms with van der Waals surface area (Å²) in [6.07, 6.45) is 3.36. The van der Waals surface area contributed by atoms with Crippen LogP contribution in [0.2, 0.25) is 0 Å². The third-order valence-electron chi connectivity index (χ3n) is 2.50. The second kappa shape index (κ2) is 5.96. The minimum absolute atomic E-state index is 0.272. The average molecular weight is 222 g/mol. The maximum absolute atomic E-state index is 11.2. The molecule has 0 heterocycles. The Hall–Kier alpha value is -0.760. The lowest BCUT2D eigenvalue weighted by atomic mass is 9.95. The van der Waals surface area contributed by atoms with E-state index in [-0.39, 0.29) is 5.12 Å². The zero-order chi connectivity index (χ0) is 11.3. The van der Waals surface area contributed by atoms with Crippen LogP contribution in [-0.4, -0.2) is 11.4 Å². The molecule has 0 bridgehead atoms. The number of benzene rings is 1. The molecule has 0 atom stereocenters. The fraction of sp³-hybridized carbons (Fsp3) is 0.462. The van der Waals surface area contributed by atoms with E-state index in [1.165, 1.54) is 22.9 Å². The summed E-state index contributed by atoms with van der Waals surface area (Å²) in [6.45, 7) is 4.38. The van der Waals surface area contributed by atoms with Crippen molar-refractivity contribution in [2.45, 2.75) is 32.6 Å². The highest BCUT2D eigenvalue weighted by Crippen LogP contribution is 2.20. The molecule has 0 aliphatic heterocycles. The van der Waals surface area contributed by atoms with Gasteiger partial charge in [0.15, 0.2) is 5.12 Å². The Labute approximate surface area is 96.3 Å². The number of hydrogen-bond acceptors (Lipinski definition) is 2. The Bertz CT molecular complexity index is 331. The first-order valence-electron chi connectivity index (χ1n) is 5.29. The molecule has 0 fully saturated rings. The monoisotopic (exact) mass is 222 g/mol. The van der Waals surface area contributed by atoms with Crippen LogP contribution in [0.5, 0.6) is 0 Å². The van der Waals surface area contributed by atoms with Crippen LogP contribution in [0.4, 0.5) is 0 Å². The van der Waals surface area contributed by atoms with Crippen molar-refractivity contribution in [3.63, 3.8) is 0 Å². The van der Waals surface area contributed by atoms with Crippen molar-refractivity contribution < 1.29 is 4.79 Å². The molecule has 15 heavy (non-hydrogen) atoms. The third kappa shape index (κ3) is 3.71. The standard InChI is InChI=1S/C13H18OS/c1-10(2)12-7-5-4-6-11(12)8-9-13(14)15-3/h4-7,10H,8-9H2,1-3H3. The van der Waals surface area contributed by atoms with E-state index in [0.29, 0.717) is 12.3 Å². The Morgan fingerprint density at radius 1 is 1.33 bits per heavy atom. The summed E-state index contributed by atoms with van der Waals surface area (Å²) in [5.74, 6) is 0.533. The van der Waals surface area contributed by atoms with Crippen LogP contribution < -0.4 is 0 Å². The number of hydrogen-bond donors (Lipinski definition) is 0. The highest BCUT2D eigenvalue weighted by Gasteiger charge is 2.07. The predicted octanol–water partition coefficient (Wildman–Crippen LogP) is 3.63. The van der Waals surface area contributed by atoms with Crippen LogP contribution in [0.3, 0.4) is 0 Å². The lowest BCUT2D eigenvalue weighted by Crippen LogP contribution is -1.99. The van der Waals surface area contributed by atoms with E-state index in [0.717, 1.165) is 6.42 Å². The topological polar surface area (TPSA) is 17.1 Å². The number of rotatable bonds is 4. The maximum Gasteiger partial charge on any atom is 0.189 e. The minimum Gasteiger partial charge on any atom is -0.287 e. The summed E-state index contributed by atoms with van der Waals surface area (Å²) in [6, 6.07) is 8.40. The molecule has 0 saturated carbocycles. The molecule has 0 N–H and O–H groups in total. The fourth-order valence-corrected chi connectivity index (χ4v) is 1.97. The van der Waals surface area contributed by atoms with E-state index in [4.69, 9.17) is 0 Å². The van der Waals surface area contributed by atoms with Gasteiger partial charge in [0.1, 0.15) is 0 Å². The van der Waals surface area contributed by atoms with Crippen molar-refractivity contribution in [1.82, 2.24) is 0 Å². The van der Waals surface area contributed by atoms with E-state index < -0.39 is 0 Å². The molecule has 1 aromatic rings. The molecule has 2 heteroatoms. The first-order valence-corrected chi connectivity index (χ1v) is 6.52. The molecule has 0 radical (unpaired) electrons. The van der Waals surface area contributed by atoms with E-state index in [2.05, 4.69) is 32.0 Å². The molecule has 0 spiro atoms. The van der Waals surface area contributed by atoms with E-state index >= 15 is 0 Å². The van der Waals surface area contributed by atoms with Gasteiger partial charge < -0.3 is 0 Å². The second-order valence-electron chi connectivity index (χ2n) is 3.93. The van der Waals surface area contributed by atoms with Gasteiger partial charge in [-0.25, -0.2) is 0 Å². The molecular weight excluding hydrogens is 204 g/mol. The summed E-state index contributed by atoms with van der Waals surface area (Å²) in [5.41, 5.74) is 2.68. The molecule has 0 saturated heterocycles. The fourth-order valence-electron chi connectivity index (χ4n) is 1.66. The van der Waals surface area contributed by atoms with Gasteiger partial charge in [0.25, 0.3) is 0 Å². The average Bonchev–Trinajstić information content (AvgIpc) is 2.26. The van der Waals surface area contributed by atoms with Crippen LogP contribution in [0.1, 0.15) is 37.3 Å². The summed E-state index contributed by atoms with van der Waals surface area (Å²) in [5, 5.41) is 0.272. The highest BCUT2D eigenvalue weighted by atomic mass is 32.2. The molecule has 0 aliphatic carbocycles. The van der Waals surface area contributed by atoms with E-state index in [1.54, 1.807) is 0 Å². The van der Waals surface area contributed by atoms with Gasteiger partial charge in [0.05, 0.1) is 0 Å². The lowest BCUT2D eigenvalue weighted by molar-refractivity contribution is -0.110. The summed E-state index contributed by atoms with van der Waals surface area (Å²) < 4.78 is 0. The highest BCUT2D eigenvalue weighted by molar-refractivity contribution is 8.13. The molecule has 0 aliphatic rings. The van der Waals surface area contributed by atoms with Gasteiger partial charge in [-0.3, -0.25) is 4.79 Å². The van der Waals surface area contributed by atoms with E-state index in [9.17, 15) is 4.79 Å². The van der Waals surface area contributed by atoms with Crippen LogP contribution in [-0.2, 0) is 11.2 Å².